The summed E-state index contributed by atoms with van der Waals surface area (Å²) in [6.45, 7) is 3.56. The van der Waals surface area contributed by atoms with E-state index >= 15 is 0 Å². The van der Waals surface area contributed by atoms with Crippen molar-refractivity contribution in [3.63, 3.8) is 0 Å². The quantitative estimate of drug-likeness (QED) is 0.250. The first kappa shape index (κ1) is 22.1. The smallest absolute Gasteiger partial charge is 0.343 e. The molecule has 6 nitrogen and oxygen atoms in total. The molecule has 1 amide bonds. The zero-order chi connectivity index (χ0) is 22.2. The van der Waals surface area contributed by atoms with Gasteiger partial charge in [0.2, 0.25) is 0 Å². The first-order valence-corrected chi connectivity index (χ1v) is 9.92. The molecule has 0 radical (unpaired) electrons. The monoisotopic (exact) mass is 436 g/mol. The molecule has 0 unspecified atom stereocenters. The number of hydrogen-bond acceptors (Lipinski definition) is 5. The maximum absolute atomic E-state index is 12.2. The summed E-state index contributed by atoms with van der Waals surface area (Å²) in [5.41, 5.74) is 4.69. The lowest BCUT2D eigenvalue weighted by Crippen LogP contribution is -2.33. The summed E-state index contributed by atoms with van der Waals surface area (Å²) >= 11 is 5.90. The van der Waals surface area contributed by atoms with Crippen LogP contribution in [0.4, 0.5) is 0 Å². The van der Waals surface area contributed by atoms with Crippen LogP contribution in [0.25, 0.3) is 0 Å². The number of nitrogens with zero attached hydrogens (tertiary/aromatic N) is 1. The van der Waals surface area contributed by atoms with Crippen molar-refractivity contribution in [2.75, 3.05) is 0 Å². The average Bonchev–Trinajstić information content (AvgIpc) is 2.75. The number of hydrazone groups is 1. The van der Waals surface area contributed by atoms with Crippen molar-refractivity contribution < 1.29 is 19.1 Å². The number of aryl methyl sites for hydroxylation is 1. The molecule has 1 atom stereocenters. The van der Waals surface area contributed by atoms with Crippen LogP contribution in [0.5, 0.6) is 11.5 Å². The molecule has 158 valence electrons. The number of carbonyl (C=O) groups is 2. The van der Waals surface area contributed by atoms with Crippen LogP contribution in [0.15, 0.2) is 77.9 Å². The Hall–Kier alpha value is -3.64. The number of benzene rings is 3. The van der Waals surface area contributed by atoms with Gasteiger partial charge in [0.1, 0.15) is 11.5 Å². The predicted molar refractivity (Wildman–Crippen MR) is 120 cm³/mol. The van der Waals surface area contributed by atoms with Crippen LogP contribution in [0.2, 0.25) is 5.02 Å². The van der Waals surface area contributed by atoms with E-state index < -0.39 is 18.0 Å². The van der Waals surface area contributed by atoms with E-state index in [1.165, 1.54) is 6.21 Å². The Morgan fingerprint density at radius 1 is 1.00 bits per heavy atom. The van der Waals surface area contributed by atoms with Crippen LogP contribution in [-0.2, 0) is 4.79 Å². The largest absolute Gasteiger partial charge is 0.481 e. The second-order valence-electron chi connectivity index (χ2n) is 6.78. The molecule has 0 bridgehead atoms. The average molecular weight is 437 g/mol. The van der Waals surface area contributed by atoms with Gasteiger partial charge in [0.15, 0.2) is 6.10 Å². The zero-order valence-corrected chi connectivity index (χ0v) is 17.8. The third-order valence-electron chi connectivity index (χ3n) is 4.24. The first-order chi connectivity index (χ1) is 14.9. The first-order valence-electron chi connectivity index (χ1n) is 9.55. The lowest BCUT2D eigenvalue weighted by molar-refractivity contribution is -0.127. The zero-order valence-electron chi connectivity index (χ0n) is 17.0. The van der Waals surface area contributed by atoms with Gasteiger partial charge in [0, 0.05) is 5.02 Å². The minimum Gasteiger partial charge on any atom is -0.481 e. The lowest BCUT2D eigenvalue weighted by Gasteiger charge is -2.12. The number of ether oxygens (including phenoxy) is 2. The van der Waals surface area contributed by atoms with E-state index in [2.05, 4.69) is 10.5 Å². The van der Waals surface area contributed by atoms with Crippen LogP contribution in [0.3, 0.4) is 0 Å². The number of rotatable bonds is 7. The minimum absolute atomic E-state index is 0.403. The summed E-state index contributed by atoms with van der Waals surface area (Å²) in [6, 6.07) is 20.7. The summed E-state index contributed by atoms with van der Waals surface area (Å²) in [5.74, 6) is 0.0763. The maximum Gasteiger partial charge on any atom is 0.343 e. The third-order valence-corrected chi connectivity index (χ3v) is 4.48. The van der Waals surface area contributed by atoms with Crippen LogP contribution < -0.4 is 14.9 Å². The Morgan fingerprint density at radius 3 is 2.39 bits per heavy atom. The van der Waals surface area contributed by atoms with Crippen molar-refractivity contribution in [1.29, 1.82) is 0 Å². The predicted octanol–water partition coefficient (Wildman–Crippen LogP) is 4.79. The molecule has 3 aromatic carbocycles. The molecule has 7 heteroatoms. The van der Waals surface area contributed by atoms with Crippen molar-refractivity contribution in [3.8, 4) is 11.5 Å². The SMILES string of the molecule is Cc1ccc(C(=O)Oc2ccc(/C=N\NC(=O)[C@@H](C)Oc3cccc(Cl)c3)cc2)cc1. The van der Waals surface area contributed by atoms with E-state index in [4.69, 9.17) is 21.1 Å². The number of amides is 1. The number of esters is 1. The molecule has 0 aromatic heterocycles. The number of halogens is 1. The maximum atomic E-state index is 12.2. The van der Waals surface area contributed by atoms with Gasteiger partial charge in [-0.25, -0.2) is 10.2 Å². The van der Waals surface area contributed by atoms with Crippen LogP contribution in [0.1, 0.15) is 28.4 Å². The van der Waals surface area contributed by atoms with E-state index in [1.54, 1.807) is 67.6 Å². The van der Waals surface area contributed by atoms with Gasteiger partial charge < -0.3 is 9.47 Å². The molecule has 0 aliphatic heterocycles. The summed E-state index contributed by atoms with van der Waals surface area (Å²) in [5, 5.41) is 4.45. The molecular weight excluding hydrogens is 416 g/mol. The van der Waals surface area contributed by atoms with Crippen LogP contribution in [0, 0.1) is 6.92 Å². The van der Waals surface area contributed by atoms with Crippen molar-refractivity contribution in [2.24, 2.45) is 5.10 Å². The van der Waals surface area contributed by atoms with Crippen molar-refractivity contribution in [2.45, 2.75) is 20.0 Å². The summed E-state index contributed by atoms with van der Waals surface area (Å²) in [4.78, 5) is 24.3. The molecule has 0 aliphatic rings. The second-order valence-corrected chi connectivity index (χ2v) is 7.21. The molecule has 0 fully saturated rings. The molecule has 31 heavy (non-hydrogen) atoms. The molecule has 3 aromatic rings. The van der Waals surface area contributed by atoms with E-state index in [0.29, 0.717) is 22.1 Å². The van der Waals surface area contributed by atoms with Gasteiger partial charge in [-0.05, 0) is 74.0 Å². The molecule has 3 rings (SSSR count). The van der Waals surface area contributed by atoms with Gasteiger partial charge in [-0.15, -0.1) is 0 Å². The molecule has 0 saturated heterocycles. The van der Waals surface area contributed by atoms with Crippen LogP contribution in [-0.4, -0.2) is 24.2 Å². The molecule has 1 N–H and O–H groups in total. The Kier molecular flexibility index (Phi) is 7.40. The minimum atomic E-state index is -0.751. The van der Waals surface area contributed by atoms with E-state index in [-0.39, 0.29) is 0 Å². The van der Waals surface area contributed by atoms with Crippen molar-refractivity contribution >= 4 is 29.7 Å². The van der Waals surface area contributed by atoms with Gasteiger partial charge in [-0.3, -0.25) is 4.79 Å². The van der Waals surface area contributed by atoms with E-state index in [0.717, 1.165) is 11.1 Å². The highest BCUT2D eigenvalue weighted by atomic mass is 35.5. The Bertz CT molecular complexity index is 1080. The fraction of sp³-hybridized carbons (Fsp3) is 0.125. The van der Waals surface area contributed by atoms with Gasteiger partial charge in [-0.1, -0.05) is 35.4 Å². The summed E-state index contributed by atoms with van der Waals surface area (Å²) in [7, 11) is 0. The van der Waals surface area contributed by atoms with E-state index in [1.807, 2.05) is 19.1 Å². The Morgan fingerprint density at radius 2 is 1.71 bits per heavy atom. The number of carbonyl (C=O) groups excluding carboxylic acids is 2. The lowest BCUT2D eigenvalue weighted by atomic mass is 10.1. The normalized spacial score (nSPS) is 11.7. The molecule has 0 heterocycles. The Balaban J connectivity index is 1.50. The molecule has 0 spiro atoms. The van der Waals surface area contributed by atoms with E-state index in [9.17, 15) is 9.59 Å². The van der Waals surface area contributed by atoms with Gasteiger partial charge >= 0.3 is 5.97 Å². The molecular formula is C24H21ClN2O4. The highest BCUT2D eigenvalue weighted by Gasteiger charge is 2.14. The number of hydrogen-bond donors (Lipinski definition) is 1. The highest BCUT2D eigenvalue weighted by Crippen LogP contribution is 2.18. The van der Waals surface area contributed by atoms with Gasteiger partial charge in [0.05, 0.1) is 11.8 Å². The second kappa shape index (κ2) is 10.4. The van der Waals surface area contributed by atoms with Gasteiger partial charge in [-0.2, -0.15) is 5.10 Å². The number of nitrogens with one attached hydrogen (secondary N) is 1. The van der Waals surface area contributed by atoms with Crippen molar-refractivity contribution in [3.05, 3.63) is 94.5 Å². The fourth-order valence-electron chi connectivity index (χ4n) is 2.54. The summed E-state index contributed by atoms with van der Waals surface area (Å²) in [6.07, 6.45) is 0.731. The fourth-order valence-corrected chi connectivity index (χ4v) is 2.72. The Labute approximate surface area is 185 Å². The molecule has 0 saturated carbocycles. The van der Waals surface area contributed by atoms with Crippen LogP contribution >= 0.6 is 11.6 Å². The highest BCUT2D eigenvalue weighted by molar-refractivity contribution is 6.30. The standard InChI is InChI=1S/C24H21ClN2O4/c1-16-6-10-19(11-7-16)24(29)31-21-12-8-18(9-13-21)15-26-27-23(28)17(2)30-22-5-3-4-20(25)14-22/h3-15,17H,1-2H3,(H,27,28)/b26-15-/t17-/m1/s1. The summed E-state index contributed by atoms with van der Waals surface area (Å²) < 4.78 is 10.9. The third kappa shape index (κ3) is 6.69. The molecule has 0 aliphatic carbocycles. The topological polar surface area (TPSA) is 77.0 Å². The van der Waals surface area contributed by atoms with Crippen molar-refractivity contribution in [1.82, 2.24) is 5.43 Å². The van der Waals surface area contributed by atoms with Gasteiger partial charge in [0.25, 0.3) is 5.91 Å².